The molecule has 0 fully saturated rings. The molecule has 2 aromatic carbocycles. The number of phenolic OH excluding ortho intramolecular Hbond substituents is 2. The zero-order chi connectivity index (χ0) is 17.6. The van der Waals surface area contributed by atoms with Crippen molar-refractivity contribution in [1.82, 2.24) is 4.57 Å². The van der Waals surface area contributed by atoms with E-state index in [4.69, 9.17) is 0 Å². The fourth-order valence-corrected chi connectivity index (χ4v) is 4.09. The van der Waals surface area contributed by atoms with E-state index in [1.165, 1.54) is 0 Å². The van der Waals surface area contributed by atoms with Gasteiger partial charge < -0.3 is 14.8 Å². The van der Waals surface area contributed by atoms with Crippen molar-refractivity contribution in [2.24, 2.45) is 0 Å². The molecule has 2 heterocycles. The SMILES string of the molecule is CCCCC1Cc2cc(O)ccc2-c2c(C=O)c3ccc(O)cc3n21. The Balaban J connectivity index is 2.06. The third-order valence-corrected chi connectivity index (χ3v) is 5.20. The molecule has 4 nitrogen and oxygen atoms in total. The highest BCUT2D eigenvalue weighted by molar-refractivity contribution is 6.06. The molecule has 0 amide bonds. The molecule has 0 saturated heterocycles. The quantitative estimate of drug-likeness (QED) is 0.672. The molecule has 128 valence electrons. The molecule has 1 aromatic heterocycles. The third kappa shape index (κ3) is 2.40. The molecule has 4 heteroatoms. The number of rotatable bonds is 4. The molecule has 2 N–H and O–H groups in total. The maximum Gasteiger partial charge on any atom is 0.152 e. The lowest BCUT2D eigenvalue weighted by atomic mass is 9.90. The summed E-state index contributed by atoms with van der Waals surface area (Å²) in [5.41, 5.74) is 4.52. The molecule has 4 rings (SSSR count). The molecule has 0 radical (unpaired) electrons. The Kier molecular flexibility index (Phi) is 3.75. The lowest BCUT2D eigenvalue weighted by molar-refractivity contribution is 0.112. The van der Waals surface area contributed by atoms with Crippen LogP contribution < -0.4 is 0 Å². The van der Waals surface area contributed by atoms with Crippen molar-refractivity contribution in [1.29, 1.82) is 0 Å². The highest BCUT2D eigenvalue weighted by Gasteiger charge is 2.29. The van der Waals surface area contributed by atoms with Crippen LogP contribution in [0, 0.1) is 0 Å². The Labute approximate surface area is 146 Å². The van der Waals surface area contributed by atoms with Crippen LogP contribution in [0.3, 0.4) is 0 Å². The van der Waals surface area contributed by atoms with Gasteiger partial charge in [0, 0.05) is 28.6 Å². The largest absolute Gasteiger partial charge is 0.508 e. The average Bonchev–Trinajstić information content (AvgIpc) is 2.93. The van der Waals surface area contributed by atoms with Crippen LogP contribution in [-0.4, -0.2) is 21.1 Å². The summed E-state index contributed by atoms with van der Waals surface area (Å²) in [6.45, 7) is 2.17. The zero-order valence-corrected chi connectivity index (χ0v) is 14.2. The van der Waals surface area contributed by atoms with Gasteiger partial charge in [-0.05, 0) is 48.7 Å². The minimum Gasteiger partial charge on any atom is -0.508 e. The number of hydrogen-bond acceptors (Lipinski definition) is 3. The predicted molar refractivity (Wildman–Crippen MR) is 98.4 cm³/mol. The highest BCUT2D eigenvalue weighted by Crippen LogP contribution is 2.44. The van der Waals surface area contributed by atoms with E-state index in [0.29, 0.717) is 5.56 Å². The van der Waals surface area contributed by atoms with Gasteiger partial charge in [-0.15, -0.1) is 0 Å². The van der Waals surface area contributed by atoms with E-state index in [2.05, 4.69) is 11.5 Å². The first-order valence-corrected chi connectivity index (χ1v) is 8.78. The van der Waals surface area contributed by atoms with Crippen LogP contribution in [0.25, 0.3) is 22.2 Å². The van der Waals surface area contributed by atoms with Gasteiger partial charge in [0.2, 0.25) is 0 Å². The molecular weight excluding hydrogens is 314 g/mol. The fraction of sp³-hybridized carbons (Fsp3) is 0.286. The monoisotopic (exact) mass is 335 g/mol. The zero-order valence-electron chi connectivity index (χ0n) is 14.2. The summed E-state index contributed by atoms with van der Waals surface area (Å²) < 4.78 is 2.22. The number of aromatic hydroxyl groups is 2. The molecule has 1 aliphatic rings. The molecule has 25 heavy (non-hydrogen) atoms. The molecule has 0 spiro atoms. The number of aromatic nitrogens is 1. The van der Waals surface area contributed by atoms with E-state index in [1.54, 1.807) is 18.2 Å². The molecular formula is C21H21NO3. The summed E-state index contributed by atoms with van der Waals surface area (Å²) in [7, 11) is 0. The van der Waals surface area contributed by atoms with Crippen LogP contribution in [0.1, 0.15) is 48.1 Å². The Bertz CT molecular complexity index is 971. The second-order valence-corrected chi connectivity index (χ2v) is 6.79. The van der Waals surface area contributed by atoms with Gasteiger partial charge in [0.05, 0.1) is 11.2 Å². The number of hydrogen-bond donors (Lipinski definition) is 2. The molecule has 1 atom stereocenters. The third-order valence-electron chi connectivity index (χ3n) is 5.20. The van der Waals surface area contributed by atoms with Crippen LogP contribution >= 0.6 is 0 Å². The van der Waals surface area contributed by atoms with Gasteiger partial charge in [0.25, 0.3) is 0 Å². The maximum absolute atomic E-state index is 11.9. The minimum atomic E-state index is 0.205. The highest BCUT2D eigenvalue weighted by atomic mass is 16.3. The molecule has 0 aliphatic carbocycles. The molecule has 0 saturated carbocycles. The first-order chi connectivity index (χ1) is 12.1. The molecule has 0 bridgehead atoms. The summed E-state index contributed by atoms with van der Waals surface area (Å²) in [4.78, 5) is 11.9. The number of benzene rings is 2. The number of aldehydes is 1. The van der Waals surface area contributed by atoms with Gasteiger partial charge in [0.1, 0.15) is 11.5 Å². The average molecular weight is 335 g/mol. The van der Waals surface area contributed by atoms with Crippen LogP contribution in [0.2, 0.25) is 0 Å². The van der Waals surface area contributed by atoms with Gasteiger partial charge in [-0.2, -0.15) is 0 Å². The van der Waals surface area contributed by atoms with Crippen molar-refractivity contribution in [3.63, 3.8) is 0 Å². The van der Waals surface area contributed by atoms with Crippen molar-refractivity contribution in [2.45, 2.75) is 38.6 Å². The van der Waals surface area contributed by atoms with Crippen LogP contribution in [-0.2, 0) is 6.42 Å². The Morgan fingerprint density at radius 1 is 1.16 bits per heavy atom. The first kappa shape index (κ1) is 15.8. The summed E-state index contributed by atoms with van der Waals surface area (Å²) in [6.07, 6.45) is 4.91. The number of nitrogens with zero attached hydrogens (tertiary/aromatic N) is 1. The van der Waals surface area contributed by atoms with E-state index in [0.717, 1.165) is 59.7 Å². The van der Waals surface area contributed by atoms with Crippen LogP contribution in [0.4, 0.5) is 0 Å². The van der Waals surface area contributed by atoms with E-state index < -0.39 is 0 Å². The number of unbranched alkanes of at least 4 members (excludes halogenated alkanes) is 1. The topological polar surface area (TPSA) is 62.5 Å². The fourth-order valence-electron chi connectivity index (χ4n) is 4.09. The van der Waals surface area contributed by atoms with Gasteiger partial charge in [0.15, 0.2) is 6.29 Å². The summed E-state index contributed by atoms with van der Waals surface area (Å²) in [5, 5.41) is 20.7. The second-order valence-electron chi connectivity index (χ2n) is 6.79. The number of phenols is 2. The number of carbonyl (C=O) groups excluding carboxylic acids is 1. The number of fused-ring (bicyclic) bond motifs is 5. The van der Waals surface area contributed by atoms with E-state index in [-0.39, 0.29) is 17.5 Å². The van der Waals surface area contributed by atoms with Crippen molar-refractivity contribution in [3.05, 3.63) is 47.5 Å². The van der Waals surface area contributed by atoms with Gasteiger partial charge in [-0.1, -0.05) is 19.8 Å². The van der Waals surface area contributed by atoms with Crippen LogP contribution in [0.15, 0.2) is 36.4 Å². The van der Waals surface area contributed by atoms with E-state index in [9.17, 15) is 15.0 Å². The summed E-state index contributed by atoms with van der Waals surface area (Å²) >= 11 is 0. The molecule has 1 unspecified atom stereocenters. The Hall–Kier alpha value is -2.75. The number of carbonyl (C=O) groups is 1. The first-order valence-electron chi connectivity index (χ1n) is 8.78. The van der Waals surface area contributed by atoms with Gasteiger partial charge in [-0.3, -0.25) is 4.79 Å². The van der Waals surface area contributed by atoms with Crippen molar-refractivity contribution < 1.29 is 15.0 Å². The van der Waals surface area contributed by atoms with Crippen LogP contribution in [0.5, 0.6) is 11.5 Å². The van der Waals surface area contributed by atoms with Gasteiger partial charge >= 0.3 is 0 Å². The van der Waals surface area contributed by atoms with Crippen molar-refractivity contribution in [3.8, 4) is 22.8 Å². The maximum atomic E-state index is 11.9. The normalized spacial score (nSPS) is 15.8. The summed E-state index contributed by atoms with van der Waals surface area (Å²) in [6, 6.07) is 10.8. The smallest absolute Gasteiger partial charge is 0.152 e. The lowest BCUT2D eigenvalue weighted by Gasteiger charge is -2.29. The standard InChI is InChI=1S/C21H21NO3/c1-2-3-4-14-9-13-10-15(24)5-7-17(13)21-19(12-23)18-8-6-16(25)11-20(18)22(14)21/h5-8,10-12,14,24-25H,2-4,9H2,1H3. The Morgan fingerprint density at radius 3 is 2.68 bits per heavy atom. The molecule has 1 aliphatic heterocycles. The molecule has 3 aromatic rings. The summed E-state index contributed by atoms with van der Waals surface area (Å²) in [5.74, 6) is 0.457. The van der Waals surface area contributed by atoms with Crippen molar-refractivity contribution in [2.75, 3.05) is 0 Å². The van der Waals surface area contributed by atoms with Crippen molar-refractivity contribution >= 4 is 17.2 Å². The van der Waals surface area contributed by atoms with Gasteiger partial charge in [-0.25, -0.2) is 0 Å². The Morgan fingerprint density at radius 2 is 1.92 bits per heavy atom. The predicted octanol–water partition coefficient (Wildman–Crippen LogP) is 4.82. The second kappa shape index (κ2) is 5.96. The lowest BCUT2D eigenvalue weighted by Crippen LogP contribution is -2.19. The van der Waals surface area contributed by atoms with E-state index >= 15 is 0 Å². The van der Waals surface area contributed by atoms with E-state index in [1.807, 2.05) is 18.2 Å². The minimum absolute atomic E-state index is 0.205.